The van der Waals surface area contributed by atoms with Crippen molar-refractivity contribution in [2.24, 2.45) is 10.2 Å². The van der Waals surface area contributed by atoms with E-state index in [1.165, 1.54) is 22.2 Å². The van der Waals surface area contributed by atoms with Crippen molar-refractivity contribution in [3.05, 3.63) is 92.7 Å². The van der Waals surface area contributed by atoms with Crippen LogP contribution in [0.3, 0.4) is 0 Å². The molecule has 1 aliphatic rings. The molecular weight excluding hydrogens is 514 g/mol. The summed E-state index contributed by atoms with van der Waals surface area (Å²) in [5, 5.41) is 19.2. The van der Waals surface area contributed by atoms with Gasteiger partial charge in [0, 0.05) is 10.0 Å². The summed E-state index contributed by atoms with van der Waals surface area (Å²) in [7, 11) is 0. The summed E-state index contributed by atoms with van der Waals surface area (Å²) in [6.45, 7) is 6.74. The number of amides is 1. The second kappa shape index (κ2) is 10.0. The van der Waals surface area contributed by atoms with Gasteiger partial charge in [-0.2, -0.15) is 5.10 Å². The number of hydrogen-bond donors (Lipinski definition) is 1. The summed E-state index contributed by atoms with van der Waals surface area (Å²) in [5.41, 5.74) is 2.77. The van der Waals surface area contributed by atoms with E-state index in [0.717, 1.165) is 10.0 Å². The number of hydrogen-bond acceptors (Lipinski definition) is 6. The lowest BCUT2D eigenvalue weighted by molar-refractivity contribution is -0.122. The first-order valence-corrected chi connectivity index (χ1v) is 12.3. The van der Waals surface area contributed by atoms with E-state index in [2.05, 4.69) is 59.0 Å². The number of phenolic OH excluding ortho intramolecular Hbond substituents is 1. The topological polar surface area (TPSA) is 78.4 Å². The molecule has 174 valence electrons. The third kappa shape index (κ3) is 5.69. The van der Waals surface area contributed by atoms with E-state index in [1.54, 1.807) is 48.9 Å². The second-order valence-corrected chi connectivity index (χ2v) is 10.7. The highest BCUT2D eigenvalue weighted by molar-refractivity contribution is 9.10. The Kier molecular flexibility index (Phi) is 7.09. The minimum absolute atomic E-state index is 0.0780. The Morgan fingerprint density at radius 1 is 1.15 bits per heavy atom. The smallest absolute Gasteiger partial charge is 0.267 e. The number of carbonyl (C=O) groups excluding carboxylic acids is 1. The SMILES string of the molecule is CC(C)(C)c1ccc(/C=N/N=C2\S/C(=C\c3cc(Br)ccc3O)C(=O)N2Cc2ccco2)cc1. The second-order valence-electron chi connectivity index (χ2n) is 8.78. The fourth-order valence-corrected chi connectivity index (χ4v) is 4.58. The predicted octanol–water partition coefficient (Wildman–Crippen LogP) is 6.55. The van der Waals surface area contributed by atoms with Crippen LogP contribution >= 0.6 is 27.7 Å². The number of amidine groups is 1. The Labute approximate surface area is 211 Å². The van der Waals surface area contributed by atoms with Crippen molar-refractivity contribution in [1.29, 1.82) is 0 Å². The molecule has 2 heterocycles. The zero-order chi connectivity index (χ0) is 24.3. The van der Waals surface area contributed by atoms with Gasteiger partial charge in [-0.15, -0.1) is 5.10 Å². The Hall–Kier alpha value is -3.10. The maximum Gasteiger partial charge on any atom is 0.267 e. The molecule has 2 aromatic carbocycles. The van der Waals surface area contributed by atoms with Gasteiger partial charge in [-0.05, 0) is 64.7 Å². The number of halogens is 1. The molecule has 0 unspecified atom stereocenters. The van der Waals surface area contributed by atoms with Crippen LogP contribution in [-0.4, -0.2) is 27.3 Å². The van der Waals surface area contributed by atoms with Crippen molar-refractivity contribution < 1.29 is 14.3 Å². The van der Waals surface area contributed by atoms with Crippen molar-refractivity contribution in [3.63, 3.8) is 0 Å². The molecular formula is C26H24BrN3O3S. The third-order valence-electron chi connectivity index (χ3n) is 5.19. The van der Waals surface area contributed by atoms with Crippen LogP contribution in [0.2, 0.25) is 0 Å². The van der Waals surface area contributed by atoms with Crippen LogP contribution in [-0.2, 0) is 16.8 Å². The molecule has 0 atom stereocenters. The van der Waals surface area contributed by atoms with Crippen molar-refractivity contribution >= 4 is 51.1 Å². The van der Waals surface area contributed by atoms with Crippen LogP contribution in [0, 0.1) is 0 Å². The van der Waals surface area contributed by atoms with Gasteiger partial charge in [-0.25, -0.2) is 0 Å². The van der Waals surface area contributed by atoms with Crippen LogP contribution in [0.1, 0.15) is 43.2 Å². The zero-order valence-corrected chi connectivity index (χ0v) is 21.4. The Balaban J connectivity index is 1.61. The summed E-state index contributed by atoms with van der Waals surface area (Å²) in [4.78, 5) is 15.1. The van der Waals surface area contributed by atoms with Gasteiger partial charge in [0.2, 0.25) is 0 Å². The molecule has 0 saturated carbocycles. The Morgan fingerprint density at radius 2 is 1.91 bits per heavy atom. The summed E-state index contributed by atoms with van der Waals surface area (Å²) in [6.07, 6.45) is 4.88. The molecule has 1 saturated heterocycles. The van der Waals surface area contributed by atoms with Crippen molar-refractivity contribution in [2.75, 3.05) is 0 Å². The van der Waals surface area contributed by atoms with Gasteiger partial charge in [-0.1, -0.05) is 61.0 Å². The van der Waals surface area contributed by atoms with E-state index >= 15 is 0 Å². The average molecular weight is 538 g/mol. The molecule has 34 heavy (non-hydrogen) atoms. The van der Waals surface area contributed by atoms with Gasteiger partial charge < -0.3 is 9.52 Å². The highest BCUT2D eigenvalue weighted by Crippen LogP contribution is 2.35. The van der Waals surface area contributed by atoms with Crippen LogP contribution < -0.4 is 0 Å². The predicted molar refractivity (Wildman–Crippen MR) is 141 cm³/mol. The molecule has 4 rings (SSSR count). The maximum absolute atomic E-state index is 13.2. The van der Waals surface area contributed by atoms with Crippen molar-refractivity contribution in [2.45, 2.75) is 32.7 Å². The van der Waals surface area contributed by atoms with Crippen LogP contribution in [0.4, 0.5) is 0 Å². The quantitative estimate of drug-likeness (QED) is 0.227. The van der Waals surface area contributed by atoms with Crippen molar-refractivity contribution in [1.82, 2.24) is 4.90 Å². The van der Waals surface area contributed by atoms with E-state index < -0.39 is 0 Å². The summed E-state index contributed by atoms with van der Waals surface area (Å²) in [5.74, 6) is 0.489. The van der Waals surface area contributed by atoms with Gasteiger partial charge in [0.05, 0.1) is 23.9 Å². The molecule has 3 aromatic rings. The molecule has 6 nitrogen and oxygen atoms in total. The fraction of sp³-hybridized carbons (Fsp3) is 0.192. The van der Waals surface area contributed by atoms with Gasteiger partial charge in [0.25, 0.3) is 5.91 Å². The number of aromatic hydroxyl groups is 1. The van der Waals surface area contributed by atoms with Crippen LogP contribution in [0.15, 0.2) is 84.9 Å². The molecule has 1 aliphatic heterocycles. The Morgan fingerprint density at radius 3 is 2.59 bits per heavy atom. The number of thioether (sulfide) groups is 1. The first-order valence-electron chi connectivity index (χ1n) is 10.6. The molecule has 1 amide bonds. The van der Waals surface area contributed by atoms with Gasteiger partial charge in [0.1, 0.15) is 11.5 Å². The van der Waals surface area contributed by atoms with E-state index in [9.17, 15) is 9.90 Å². The molecule has 0 radical (unpaired) electrons. The first kappa shape index (κ1) is 24.0. The number of benzene rings is 2. The van der Waals surface area contributed by atoms with Crippen molar-refractivity contribution in [3.8, 4) is 5.75 Å². The minimum atomic E-state index is -0.232. The standard InChI is InChI=1S/C26H24BrN3O3S/c1-26(2,3)19-8-6-17(7-9-19)15-28-29-25-30(16-21-5-4-12-33-21)24(32)23(34-25)14-18-13-20(27)10-11-22(18)31/h4-15,31H,16H2,1-3H3/b23-14-,28-15+,29-25-. The molecule has 1 N–H and O–H groups in total. The average Bonchev–Trinajstić information content (AvgIpc) is 3.40. The molecule has 1 aromatic heterocycles. The molecule has 8 heteroatoms. The van der Waals surface area contributed by atoms with Crippen LogP contribution in [0.5, 0.6) is 5.75 Å². The van der Waals surface area contributed by atoms with E-state index in [1.807, 2.05) is 12.1 Å². The third-order valence-corrected chi connectivity index (χ3v) is 6.68. The summed E-state index contributed by atoms with van der Waals surface area (Å²) >= 11 is 4.60. The highest BCUT2D eigenvalue weighted by atomic mass is 79.9. The highest BCUT2D eigenvalue weighted by Gasteiger charge is 2.34. The first-order chi connectivity index (χ1) is 16.2. The minimum Gasteiger partial charge on any atom is -0.507 e. The molecule has 0 aliphatic carbocycles. The maximum atomic E-state index is 13.2. The van der Waals surface area contributed by atoms with E-state index in [4.69, 9.17) is 4.42 Å². The number of furan rings is 1. The van der Waals surface area contributed by atoms with Crippen LogP contribution in [0.25, 0.3) is 6.08 Å². The summed E-state index contributed by atoms with van der Waals surface area (Å²) in [6, 6.07) is 16.8. The number of rotatable bonds is 5. The Bertz CT molecular complexity index is 1270. The van der Waals surface area contributed by atoms with Gasteiger partial charge >= 0.3 is 0 Å². The van der Waals surface area contributed by atoms with E-state index in [0.29, 0.717) is 21.4 Å². The summed E-state index contributed by atoms with van der Waals surface area (Å²) < 4.78 is 6.23. The van der Waals surface area contributed by atoms with Gasteiger partial charge in [0.15, 0.2) is 5.17 Å². The lowest BCUT2D eigenvalue weighted by atomic mass is 9.87. The largest absolute Gasteiger partial charge is 0.507 e. The molecule has 0 bridgehead atoms. The van der Waals surface area contributed by atoms with Gasteiger partial charge in [-0.3, -0.25) is 9.69 Å². The number of nitrogens with zero attached hydrogens (tertiary/aromatic N) is 3. The normalized spacial score (nSPS) is 16.9. The lowest BCUT2D eigenvalue weighted by Gasteiger charge is -2.18. The molecule has 1 fully saturated rings. The fourth-order valence-electron chi connectivity index (χ4n) is 3.28. The number of phenols is 1. The monoisotopic (exact) mass is 537 g/mol. The lowest BCUT2D eigenvalue weighted by Crippen LogP contribution is -2.28. The zero-order valence-electron chi connectivity index (χ0n) is 19.0. The van der Waals surface area contributed by atoms with E-state index in [-0.39, 0.29) is 23.6 Å². The number of carbonyl (C=O) groups is 1. The molecule has 0 spiro atoms.